The van der Waals surface area contributed by atoms with Crippen molar-refractivity contribution < 1.29 is 4.39 Å². The fourth-order valence-corrected chi connectivity index (χ4v) is 3.62. The number of rotatable bonds is 4. The van der Waals surface area contributed by atoms with Crippen molar-refractivity contribution in [3.63, 3.8) is 0 Å². The van der Waals surface area contributed by atoms with Crippen LogP contribution in [0.2, 0.25) is 0 Å². The predicted molar refractivity (Wildman–Crippen MR) is 87.7 cm³/mol. The molecule has 1 heterocycles. The van der Waals surface area contributed by atoms with Gasteiger partial charge in [-0.1, -0.05) is 56.3 Å². The van der Waals surface area contributed by atoms with E-state index in [9.17, 15) is 4.39 Å². The number of hydrazine groups is 1. The van der Waals surface area contributed by atoms with E-state index in [0.717, 1.165) is 25.1 Å². The monoisotopic (exact) mass is 298 g/mol. The Hall–Kier alpha value is -1.71. The van der Waals surface area contributed by atoms with Gasteiger partial charge in [0.2, 0.25) is 0 Å². The zero-order valence-electron chi connectivity index (χ0n) is 13.2. The van der Waals surface area contributed by atoms with E-state index in [0.29, 0.717) is 6.04 Å². The molecule has 0 bridgehead atoms. The fourth-order valence-electron chi connectivity index (χ4n) is 3.62. The molecule has 116 valence electrons. The van der Waals surface area contributed by atoms with Crippen molar-refractivity contribution in [1.29, 1.82) is 0 Å². The molecule has 1 aliphatic heterocycles. The molecule has 1 aliphatic rings. The van der Waals surface area contributed by atoms with Gasteiger partial charge in [-0.15, -0.1) is 0 Å². The lowest BCUT2D eigenvalue weighted by atomic mass is 9.97. The van der Waals surface area contributed by atoms with E-state index in [2.05, 4.69) is 54.2 Å². The largest absolute Gasteiger partial charge is 0.234 e. The van der Waals surface area contributed by atoms with Crippen LogP contribution in [-0.2, 0) is 0 Å². The minimum absolute atomic E-state index is 0.153. The lowest BCUT2D eigenvalue weighted by molar-refractivity contribution is -0.0192. The topological polar surface area (TPSA) is 6.48 Å². The van der Waals surface area contributed by atoms with Crippen molar-refractivity contribution in [2.45, 2.75) is 32.4 Å². The summed E-state index contributed by atoms with van der Waals surface area (Å²) in [7, 11) is 0. The van der Waals surface area contributed by atoms with Gasteiger partial charge in [0.1, 0.15) is 5.82 Å². The molecule has 1 fully saturated rings. The summed E-state index contributed by atoms with van der Waals surface area (Å²) in [4.78, 5) is 0. The van der Waals surface area contributed by atoms with Crippen molar-refractivity contribution in [2.24, 2.45) is 0 Å². The minimum Gasteiger partial charge on any atom is -0.234 e. The summed E-state index contributed by atoms with van der Waals surface area (Å²) >= 11 is 0. The van der Waals surface area contributed by atoms with Crippen molar-refractivity contribution in [3.8, 4) is 0 Å². The number of hydrogen-bond acceptors (Lipinski definition) is 2. The van der Waals surface area contributed by atoms with Crippen LogP contribution in [0.4, 0.5) is 4.39 Å². The second-order valence-corrected chi connectivity index (χ2v) is 5.74. The maximum absolute atomic E-state index is 13.6. The molecule has 0 N–H and O–H groups in total. The summed E-state index contributed by atoms with van der Waals surface area (Å²) in [6.45, 7) is 6.24. The molecule has 2 aromatic rings. The Kier molecular flexibility index (Phi) is 4.55. The Balaban J connectivity index is 1.95. The Bertz CT molecular complexity index is 614. The van der Waals surface area contributed by atoms with Crippen LogP contribution in [0.25, 0.3) is 0 Å². The van der Waals surface area contributed by atoms with Crippen molar-refractivity contribution in [2.75, 3.05) is 13.1 Å². The lowest BCUT2D eigenvalue weighted by Crippen LogP contribution is -2.38. The maximum atomic E-state index is 13.6. The van der Waals surface area contributed by atoms with Crippen LogP contribution in [0.15, 0.2) is 54.6 Å². The van der Waals surface area contributed by atoms with Crippen LogP contribution in [0.5, 0.6) is 0 Å². The molecule has 3 rings (SSSR count). The first kappa shape index (κ1) is 15.2. The summed E-state index contributed by atoms with van der Waals surface area (Å²) < 4.78 is 13.6. The molecule has 0 aromatic heterocycles. The van der Waals surface area contributed by atoms with Gasteiger partial charge in [0.05, 0.1) is 12.1 Å². The molecule has 3 heteroatoms. The molecule has 2 nitrogen and oxygen atoms in total. The van der Waals surface area contributed by atoms with Gasteiger partial charge in [-0.25, -0.2) is 14.4 Å². The van der Waals surface area contributed by atoms with Crippen LogP contribution < -0.4 is 0 Å². The van der Waals surface area contributed by atoms with E-state index in [1.807, 2.05) is 12.1 Å². The van der Waals surface area contributed by atoms with E-state index in [4.69, 9.17) is 0 Å². The number of benzene rings is 2. The Labute approximate surface area is 132 Å². The summed E-state index contributed by atoms with van der Waals surface area (Å²) in [5.74, 6) is -0.153. The van der Waals surface area contributed by atoms with E-state index in [1.165, 1.54) is 11.6 Å². The molecular weight excluding hydrogens is 275 g/mol. The average molecular weight is 298 g/mol. The molecule has 0 spiro atoms. The van der Waals surface area contributed by atoms with Gasteiger partial charge in [0.15, 0.2) is 0 Å². The smallest absolute Gasteiger partial charge is 0.123 e. The fraction of sp³-hybridized carbons (Fsp3) is 0.368. The third-order valence-electron chi connectivity index (χ3n) is 4.56. The molecule has 0 aliphatic carbocycles. The first-order valence-corrected chi connectivity index (χ1v) is 8.08. The van der Waals surface area contributed by atoms with Crippen molar-refractivity contribution in [1.82, 2.24) is 10.0 Å². The molecule has 1 saturated heterocycles. The first-order valence-electron chi connectivity index (χ1n) is 8.08. The SMILES string of the molecule is CCN1C(c2ccccc2)CC(c2cccc(F)c2)N1CC. The van der Waals surface area contributed by atoms with Crippen molar-refractivity contribution >= 4 is 0 Å². The lowest BCUT2D eigenvalue weighted by Gasteiger charge is -2.33. The van der Waals surface area contributed by atoms with Crippen LogP contribution >= 0.6 is 0 Å². The number of halogens is 1. The Morgan fingerprint density at radius 1 is 0.864 bits per heavy atom. The predicted octanol–water partition coefficient (Wildman–Crippen LogP) is 4.57. The van der Waals surface area contributed by atoms with Crippen LogP contribution in [0, 0.1) is 5.82 Å². The second-order valence-electron chi connectivity index (χ2n) is 5.74. The van der Waals surface area contributed by atoms with Gasteiger partial charge in [-0.05, 0) is 29.7 Å². The van der Waals surface area contributed by atoms with Gasteiger partial charge in [-0.3, -0.25) is 0 Å². The molecule has 0 radical (unpaired) electrons. The standard InChI is InChI=1S/C19H23FN2/c1-3-21-18(15-9-6-5-7-10-15)14-19(22(21)4-2)16-11-8-12-17(20)13-16/h5-13,18-19H,3-4,14H2,1-2H3. The summed E-state index contributed by atoms with van der Waals surface area (Å²) in [5.41, 5.74) is 2.40. The highest BCUT2D eigenvalue weighted by Crippen LogP contribution is 2.43. The molecule has 2 atom stereocenters. The van der Waals surface area contributed by atoms with Crippen LogP contribution in [-0.4, -0.2) is 23.1 Å². The van der Waals surface area contributed by atoms with Crippen LogP contribution in [0.1, 0.15) is 43.5 Å². The third-order valence-corrected chi connectivity index (χ3v) is 4.56. The number of hydrogen-bond donors (Lipinski definition) is 0. The van der Waals surface area contributed by atoms with Gasteiger partial charge in [0, 0.05) is 13.1 Å². The van der Waals surface area contributed by atoms with E-state index in [1.54, 1.807) is 6.07 Å². The van der Waals surface area contributed by atoms with Crippen molar-refractivity contribution in [3.05, 3.63) is 71.5 Å². The highest BCUT2D eigenvalue weighted by Gasteiger charge is 2.38. The highest BCUT2D eigenvalue weighted by atomic mass is 19.1. The molecule has 0 amide bonds. The third kappa shape index (κ3) is 2.79. The average Bonchev–Trinajstić information content (AvgIpc) is 2.94. The Morgan fingerprint density at radius 3 is 2.05 bits per heavy atom. The molecular formula is C19H23FN2. The highest BCUT2D eigenvalue weighted by molar-refractivity contribution is 5.25. The van der Waals surface area contributed by atoms with Gasteiger partial charge >= 0.3 is 0 Å². The Morgan fingerprint density at radius 2 is 1.45 bits per heavy atom. The van der Waals surface area contributed by atoms with Gasteiger partial charge < -0.3 is 0 Å². The van der Waals surface area contributed by atoms with Gasteiger partial charge in [-0.2, -0.15) is 0 Å². The molecule has 2 unspecified atom stereocenters. The molecule has 0 saturated carbocycles. The minimum atomic E-state index is -0.153. The van der Waals surface area contributed by atoms with E-state index >= 15 is 0 Å². The summed E-state index contributed by atoms with van der Waals surface area (Å²) in [6, 6.07) is 18.3. The molecule has 2 aromatic carbocycles. The van der Waals surface area contributed by atoms with Gasteiger partial charge in [0.25, 0.3) is 0 Å². The zero-order valence-corrected chi connectivity index (χ0v) is 13.2. The zero-order chi connectivity index (χ0) is 15.5. The first-order chi connectivity index (χ1) is 10.7. The maximum Gasteiger partial charge on any atom is 0.123 e. The van der Waals surface area contributed by atoms with E-state index < -0.39 is 0 Å². The normalized spacial score (nSPS) is 23.0. The quantitative estimate of drug-likeness (QED) is 0.816. The number of nitrogens with zero attached hydrogens (tertiary/aromatic N) is 2. The van der Waals surface area contributed by atoms with E-state index in [-0.39, 0.29) is 11.9 Å². The summed E-state index contributed by atoms with van der Waals surface area (Å²) in [6.07, 6.45) is 0.995. The second kappa shape index (κ2) is 6.59. The molecule has 22 heavy (non-hydrogen) atoms. The summed E-state index contributed by atoms with van der Waals surface area (Å²) in [5, 5.41) is 4.80. The van der Waals surface area contributed by atoms with Crippen LogP contribution in [0.3, 0.4) is 0 Å².